The molecule has 3 aliphatic carbocycles. The third-order valence-electron chi connectivity index (χ3n) is 13.2. The fourth-order valence-corrected chi connectivity index (χ4v) is 11.5. The molecule has 3 heteroatoms. The van der Waals surface area contributed by atoms with Gasteiger partial charge >= 0.3 is 0 Å². The van der Waals surface area contributed by atoms with Gasteiger partial charge in [0.25, 0.3) is 0 Å². The van der Waals surface area contributed by atoms with Crippen LogP contribution in [-0.2, 0) is 5.41 Å². The maximum Gasteiger partial charge on any atom is 0.0979 e. The van der Waals surface area contributed by atoms with Crippen molar-refractivity contribution in [3.8, 4) is 22.4 Å². The molecule has 0 amide bonds. The molecule has 0 atom stereocenters. The maximum atomic E-state index is 5.27. The summed E-state index contributed by atoms with van der Waals surface area (Å²) < 4.78 is 2.74. The number of rotatable bonds is 4. The first-order valence-corrected chi connectivity index (χ1v) is 21.4. The molecule has 2 nitrogen and oxygen atoms in total. The van der Waals surface area contributed by atoms with E-state index in [4.69, 9.17) is 9.97 Å². The highest BCUT2D eigenvalue weighted by atomic mass is 32.1. The van der Waals surface area contributed by atoms with Gasteiger partial charge in [-0.2, -0.15) is 0 Å². The Balaban J connectivity index is 0.844. The predicted octanol–water partition coefficient (Wildman–Crippen LogP) is 15.2. The summed E-state index contributed by atoms with van der Waals surface area (Å²) in [6, 6.07) is 48.9. The molecule has 2 aromatic heterocycles. The van der Waals surface area contributed by atoms with Gasteiger partial charge in [-0.15, -0.1) is 11.3 Å². The van der Waals surface area contributed by atoms with Crippen LogP contribution in [0, 0.1) is 0 Å². The normalized spacial score (nSPS) is 16.2. The Morgan fingerprint density at radius 2 is 1.19 bits per heavy atom. The lowest BCUT2D eigenvalue weighted by Crippen LogP contribution is -2.17. The fourth-order valence-electron chi connectivity index (χ4n) is 10.2. The molecule has 58 heavy (non-hydrogen) atoms. The predicted molar refractivity (Wildman–Crippen MR) is 247 cm³/mol. The quantitative estimate of drug-likeness (QED) is 0.167. The minimum Gasteiger partial charge on any atom is -0.252 e. The fraction of sp³-hybridized carbons (Fsp3) is 0.127. The second kappa shape index (κ2) is 12.8. The Hall–Kier alpha value is -6.42. The molecule has 12 rings (SSSR count). The lowest BCUT2D eigenvalue weighted by atomic mass is 9.77. The summed E-state index contributed by atoms with van der Waals surface area (Å²) in [5.74, 6) is 0. The molecule has 0 fully saturated rings. The van der Waals surface area contributed by atoms with Crippen molar-refractivity contribution in [2.24, 2.45) is 0 Å². The van der Waals surface area contributed by atoms with Crippen molar-refractivity contribution < 1.29 is 0 Å². The Morgan fingerprint density at radius 3 is 2.00 bits per heavy atom. The van der Waals surface area contributed by atoms with Crippen molar-refractivity contribution in [2.45, 2.75) is 44.9 Å². The van der Waals surface area contributed by atoms with Gasteiger partial charge in [0, 0.05) is 41.9 Å². The van der Waals surface area contributed by atoms with Gasteiger partial charge in [0.1, 0.15) is 0 Å². The van der Waals surface area contributed by atoms with E-state index in [9.17, 15) is 0 Å². The van der Waals surface area contributed by atoms with Crippen molar-refractivity contribution >= 4 is 75.2 Å². The highest BCUT2D eigenvalue weighted by Crippen LogP contribution is 2.53. The van der Waals surface area contributed by atoms with Crippen molar-refractivity contribution in [3.63, 3.8) is 0 Å². The summed E-state index contributed by atoms with van der Waals surface area (Å²) in [6.07, 6.45) is 13.5. The number of hydrogen-bond donors (Lipinski definition) is 0. The van der Waals surface area contributed by atoms with Crippen LogP contribution in [0.4, 0.5) is 0 Å². The van der Waals surface area contributed by atoms with Crippen LogP contribution in [0.2, 0.25) is 0 Å². The molecule has 3 aliphatic rings. The monoisotopic (exact) mass is 760 g/mol. The zero-order valence-electron chi connectivity index (χ0n) is 32.6. The van der Waals surface area contributed by atoms with E-state index >= 15 is 0 Å². The van der Waals surface area contributed by atoms with E-state index in [1.165, 1.54) is 86.6 Å². The summed E-state index contributed by atoms with van der Waals surface area (Å²) in [7, 11) is 0. The summed E-state index contributed by atoms with van der Waals surface area (Å²) in [4.78, 5) is 10.3. The number of hydrogen-bond acceptors (Lipinski definition) is 3. The van der Waals surface area contributed by atoms with Gasteiger partial charge in [-0.05, 0) is 110 Å². The Kier molecular flexibility index (Phi) is 7.43. The van der Waals surface area contributed by atoms with E-state index in [1.54, 1.807) is 0 Å². The molecule has 0 saturated heterocycles. The largest absolute Gasteiger partial charge is 0.252 e. The van der Waals surface area contributed by atoms with E-state index in [0.29, 0.717) is 0 Å². The molecule has 276 valence electrons. The molecule has 0 radical (unpaired) electrons. The van der Waals surface area contributed by atoms with Gasteiger partial charge in [-0.25, -0.2) is 4.98 Å². The molecule has 7 aromatic carbocycles. The highest BCUT2D eigenvalue weighted by Gasteiger charge is 2.38. The van der Waals surface area contributed by atoms with Gasteiger partial charge in [-0.1, -0.05) is 147 Å². The van der Waals surface area contributed by atoms with Crippen molar-refractivity contribution in [3.05, 3.63) is 191 Å². The van der Waals surface area contributed by atoms with Gasteiger partial charge in [-0.3, -0.25) is 4.98 Å². The number of fused-ring (bicyclic) bond motifs is 11. The summed E-state index contributed by atoms with van der Waals surface area (Å²) >= 11 is 1.92. The minimum absolute atomic E-state index is 0.0535. The second-order valence-corrected chi connectivity index (χ2v) is 17.8. The first kappa shape index (κ1) is 33.7. The van der Waals surface area contributed by atoms with Crippen LogP contribution >= 0.6 is 11.3 Å². The third-order valence-corrected chi connectivity index (χ3v) is 14.4. The third kappa shape index (κ3) is 5.09. The van der Waals surface area contributed by atoms with Crippen LogP contribution in [-0.4, -0.2) is 9.97 Å². The SMILES string of the molecule is CC1(C)C2=C(CCC(C3=CC=C(c4cccc(-c5cnc6c7ccccc7c7ccccc7c6n5)c4)CC3)=C2)c2ccc(-c3cccc4c3sc3ccccc34)cc21. The highest BCUT2D eigenvalue weighted by molar-refractivity contribution is 7.26. The van der Waals surface area contributed by atoms with Crippen molar-refractivity contribution in [1.29, 1.82) is 0 Å². The lowest BCUT2D eigenvalue weighted by Gasteiger charge is -2.27. The van der Waals surface area contributed by atoms with Crippen molar-refractivity contribution in [2.75, 3.05) is 0 Å². The number of aromatic nitrogens is 2. The van der Waals surface area contributed by atoms with E-state index in [0.717, 1.165) is 58.7 Å². The summed E-state index contributed by atoms with van der Waals surface area (Å²) in [5, 5.41) is 7.43. The van der Waals surface area contributed by atoms with Crippen LogP contribution in [0.5, 0.6) is 0 Å². The lowest BCUT2D eigenvalue weighted by molar-refractivity contribution is 0.649. The number of thiophene rings is 1. The van der Waals surface area contributed by atoms with Crippen LogP contribution in [0.3, 0.4) is 0 Å². The summed E-state index contributed by atoms with van der Waals surface area (Å²) in [6.45, 7) is 4.87. The zero-order chi connectivity index (χ0) is 38.5. The van der Waals surface area contributed by atoms with Gasteiger partial charge in [0.2, 0.25) is 0 Å². The molecule has 0 aliphatic heterocycles. The van der Waals surface area contributed by atoms with Crippen LogP contribution in [0.15, 0.2) is 175 Å². The zero-order valence-corrected chi connectivity index (χ0v) is 33.5. The Labute approximate surface area is 342 Å². The van der Waals surface area contributed by atoms with E-state index in [1.807, 2.05) is 17.5 Å². The number of nitrogens with zero attached hydrogens (tertiary/aromatic N) is 2. The van der Waals surface area contributed by atoms with Gasteiger partial charge < -0.3 is 0 Å². The topological polar surface area (TPSA) is 25.8 Å². The Morgan fingerprint density at radius 1 is 0.517 bits per heavy atom. The first-order chi connectivity index (χ1) is 28.5. The van der Waals surface area contributed by atoms with E-state index in [-0.39, 0.29) is 5.41 Å². The molecule has 0 N–H and O–H groups in total. The standard InChI is InChI=1S/C55H40N2S/c1-55(2)48-30-36(25-27-42(48)43-28-26-37(31-49(43)55)39-18-10-19-47-44-15-7-8-20-51(44)58-54(39)47)34-23-21-33(22-24-34)35-11-9-12-38(29-35)50-32-56-52-45-16-5-3-13-40(45)41-14-4-6-17-46(41)53(52)57-50/h3-21,23,26,28-32H,22,24-25,27H2,1-2H3. The molecule has 2 heterocycles. The van der Waals surface area contributed by atoms with Gasteiger partial charge in [0.05, 0.1) is 22.9 Å². The van der Waals surface area contributed by atoms with E-state index in [2.05, 4.69) is 166 Å². The number of benzene rings is 7. The number of allylic oxidation sites excluding steroid dienone is 8. The molecule has 9 aromatic rings. The van der Waals surface area contributed by atoms with Gasteiger partial charge in [0.15, 0.2) is 0 Å². The van der Waals surface area contributed by atoms with Crippen LogP contribution in [0.25, 0.3) is 86.3 Å². The van der Waals surface area contributed by atoms with E-state index < -0.39 is 0 Å². The average molecular weight is 761 g/mol. The molecule has 0 saturated carbocycles. The smallest absolute Gasteiger partial charge is 0.0979 e. The van der Waals surface area contributed by atoms with Crippen molar-refractivity contribution in [1.82, 2.24) is 9.97 Å². The maximum absolute atomic E-state index is 5.27. The average Bonchev–Trinajstić information content (AvgIpc) is 3.78. The molecule has 0 unspecified atom stereocenters. The first-order valence-electron chi connectivity index (χ1n) is 20.6. The molecule has 0 bridgehead atoms. The molecular weight excluding hydrogens is 721 g/mol. The summed E-state index contributed by atoms with van der Waals surface area (Å²) in [5.41, 5.74) is 18.1. The molecular formula is C55H40N2S. The Bertz CT molecular complexity index is 3330. The minimum atomic E-state index is -0.0535. The van der Waals surface area contributed by atoms with Crippen LogP contribution in [0.1, 0.15) is 56.2 Å². The second-order valence-electron chi connectivity index (χ2n) is 16.7. The van der Waals surface area contributed by atoms with Crippen LogP contribution < -0.4 is 0 Å². The molecule has 0 spiro atoms.